The van der Waals surface area contributed by atoms with Crippen LogP contribution in [-0.2, 0) is 14.3 Å². The second-order valence-electron chi connectivity index (χ2n) is 4.64. The molecule has 0 bridgehead atoms. The van der Waals surface area contributed by atoms with Crippen LogP contribution < -0.4 is 0 Å². The van der Waals surface area contributed by atoms with Crippen molar-refractivity contribution in [1.29, 1.82) is 0 Å². The van der Waals surface area contributed by atoms with Crippen LogP contribution in [0.4, 0.5) is 0 Å². The van der Waals surface area contributed by atoms with Crippen molar-refractivity contribution in [1.82, 2.24) is 0 Å². The standard InChI is InChI=1S/C11H18O5/c1-10(2,15)5-6-11(3,4)16-9(14)7-8(12)13/h5-6,15H,7H2,1-4H3,(H,12,13). The molecule has 0 unspecified atom stereocenters. The Balaban J connectivity index is 4.40. The molecule has 0 rings (SSSR count). The number of aliphatic hydroxyl groups is 1. The number of carboxylic acid groups (broad SMARTS) is 1. The zero-order chi connectivity index (χ0) is 13.0. The van der Waals surface area contributed by atoms with E-state index in [0.29, 0.717) is 0 Å². The Morgan fingerprint density at radius 3 is 2.06 bits per heavy atom. The van der Waals surface area contributed by atoms with Gasteiger partial charge in [-0.3, -0.25) is 9.59 Å². The SMILES string of the molecule is CC(C)(O)C=CC(C)(C)OC(=O)CC(=O)O. The number of aliphatic carboxylic acids is 1. The fourth-order valence-corrected chi connectivity index (χ4v) is 0.892. The van der Waals surface area contributed by atoms with Crippen molar-refractivity contribution in [3.05, 3.63) is 12.2 Å². The van der Waals surface area contributed by atoms with Gasteiger partial charge in [0.05, 0.1) is 5.60 Å². The maximum atomic E-state index is 11.1. The van der Waals surface area contributed by atoms with Gasteiger partial charge in [0, 0.05) is 0 Å². The summed E-state index contributed by atoms with van der Waals surface area (Å²) < 4.78 is 4.93. The Morgan fingerprint density at radius 1 is 1.19 bits per heavy atom. The predicted octanol–water partition coefficient (Wildman–Crippen LogP) is 1.11. The molecule has 16 heavy (non-hydrogen) atoms. The minimum Gasteiger partial charge on any atom is -0.481 e. The van der Waals surface area contributed by atoms with Crippen LogP contribution in [0.2, 0.25) is 0 Å². The topological polar surface area (TPSA) is 83.8 Å². The molecule has 92 valence electrons. The largest absolute Gasteiger partial charge is 0.481 e. The Bertz CT molecular complexity index is 296. The maximum Gasteiger partial charge on any atom is 0.317 e. The Labute approximate surface area is 94.7 Å². The van der Waals surface area contributed by atoms with E-state index >= 15 is 0 Å². The zero-order valence-electron chi connectivity index (χ0n) is 9.98. The first-order chi connectivity index (χ1) is 7.02. The van der Waals surface area contributed by atoms with Crippen molar-refractivity contribution in [2.24, 2.45) is 0 Å². The molecule has 0 radical (unpaired) electrons. The molecule has 0 aromatic rings. The van der Waals surface area contributed by atoms with E-state index < -0.39 is 29.6 Å². The Morgan fingerprint density at radius 2 is 1.69 bits per heavy atom. The smallest absolute Gasteiger partial charge is 0.317 e. The minimum atomic E-state index is -1.23. The summed E-state index contributed by atoms with van der Waals surface area (Å²) in [6.07, 6.45) is 2.34. The van der Waals surface area contributed by atoms with Crippen molar-refractivity contribution in [2.75, 3.05) is 0 Å². The van der Waals surface area contributed by atoms with Crippen LogP contribution in [0.1, 0.15) is 34.1 Å². The summed E-state index contributed by atoms with van der Waals surface area (Å²) in [5, 5.41) is 17.8. The van der Waals surface area contributed by atoms with Crippen LogP contribution in [0.25, 0.3) is 0 Å². The minimum absolute atomic E-state index is 0.667. The van der Waals surface area contributed by atoms with Gasteiger partial charge in [-0.2, -0.15) is 0 Å². The second-order valence-corrected chi connectivity index (χ2v) is 4.64. The number of esters is 1. The number of carbonyl (C=O) groups is 2. The van der Waals surface area contributed by atoms with E-state index in [1.54, 1.807) is 27.7 Å². The van der Waals surface area contributed by atoms with Crippen LogP contribution in [0.5, 0.6) is 0 Å². The van der Waals surface area contributed by atoms with E-state index in [4.69, 9.17) is 9.84 Å². The molecule has 0 aliphatic rings. The lowest BCUT2D eigenvalue weighted by molar-refractivity contribution is -0.157. The van der Waals surface area contributed by atoms with Crippen LogP contribution in [0.3, 0.4) is 0 Å². The second kappa shape index (κ2) is 5.12. The Hall–Kier alpha value is -1.36. The molecule has 0 amide bonds. The summed E-state index contributed by atoms with van der Waals surface area (Å²) >= 11 is 0. The summed E-state index contributed by atoms with van der Waals surface area (Å²) in [6, 6.07) is 0. The first-order valence-electron chi connectivity index (χ1n) is 4.88. The molecular weight excluding hydrogens is 212 g/mol. The van der Waals surface area contributed by atoms with E-state index in [9.17, 15) is 14.7 Å². The third-order valence-electron chi connectivity index (χ3n) is 1.57. The zero-order valence-corrected chi connectivity index (χ0v) is 9.98. The van der Waals surface area contributed by atoms with E-state index in [1.165, 1.54) is 12.2 Å². The van der Waals surface area contributed by atoms with Crippen LogP contribution in [0.15, 0.2) is 12.2 Å². The van der Waals surface area contributed by atoms with Gasteiger partial charge in [-0.15, -0.1) is 0 Å². The van der Waals surface area contributed by atoms with Gasteiger partial charge >= 0.3 is 11.9 Å². The first-order valence-corrected chi connectivity index (χ1v) is 4.88. The van der Waals surface area contributed by atoms with Gasteiger partial charge in [0.15, 0.2) is 0 Å². The number of ether oxygens (including phenoxy) is 1. The van der Waals surface area contributed by atoms with E-state index in [0.717, 1.165) is 0 Å². The normalized spacial score (nSPS) is 12.8. The van der Waals surface area contributed by atoms with Crippen LogP contribution in [0, 0.1) is 0 Å². The monoisotopic (exact) mass is 230 g/mol. The quantitative estimate of drug-likeness (QED) is 0.420. The summed E-state index contributed by atoms with van der Waals surface area (Å²) in [7, 11) is 0. The van der Waals surface area contributed by atoms with Crippen molar-refractivity contribution in [2.45, 2.75) is 45.3 Å². The first kappa shape index (κ1) is 14.6. The van der Waals surface area contributed by atoms with Crippen molar-refractivity contribution < 1.29 is 24.5 Å². The molecule has 0 aromatic carbocycles. The molecule has 0 aliphatic heterocycles. The average molecular weight is 230 g/mol. The molecule has 5 heteroatoms. The van der Waals surface area contributed by atoms with Crippen LogP contribution >= 0.6 is 0 Å². The summed E-state index contributed by atoms with van der Waals surface area (Å²) in [4.78, 5) is 21.3. The van der Waals surface area contributed by atoms with Crippen molar-refractivity contribution in [3.63, 3.8) is 0 Å². The number of carboxylic acids is 1. The predicted molar refractivity (Wildman–Crippen MR) is 57.9 cm³/mol. The van der Waals surface area contributed by atoms with Gasteiger partial charge in [-0.1, -0.05) is 6.08 Å². The molecule has 5 nitrogen and oxygen atoms in total. The molecule has 0 aromatic heterocycles. The molecule has 0 atom stereocenters. The molecule has 0 saturated carbocycles. The third-order valence-corrected chi connectivity index (χ3v) is 1.57. The molecular formula is C11H18O5. The lowest BCUT2D eigenvalue weighted by atomic mass is 10.0. The number of rotatable bonds is 5. The fourth-order valence-electron chi connectivity index (χ4n) is 0.892. The lowest BCUT2D eigenvalue weighted by Gasteiger charge is -2.22. The molecule has 2 N–H and O–H groups in total. The maximum absolute atomic E-state index is 11.1. The highest BCUT2D eigenvalue weighted by Gasteiger charge is 2.22. The van der Waals surface area contributed by atoms with Gasteiger partial charge in [0.25, 0.3) is 0 Å². The van der Waals surface area contributed by atoms with E-state index in [-0.39, 0.29) is 0 Å². The lowest BCUT2D eigenvalue weighted by Crippen LogP contribution is -2.28. The Kier molecular flexibility index (Phi) is 4.68. The average Bonchev–Trinajstić information content (AvgIpc) is 1.96. The van der Waals surface area contributed by atoms with Gasteiger partial charge in [-0.25, -0.2) is 0 Å². The third kappa shape index (κ3) is 7.99. The number of carbonyl (C=O) groups excluding carboxylic acids is 1. The highest BCUT2D eigenvalue weighted by molar-refractivity contribution is 5.90. The highest BCUT2D eigenvalue weighted by atomic mass is 16.6. The molecule has 0 spiro atoms. The van der Waals surface area contributed by atoms with E-state index in [1.807, 2.05) is 0 Å². The van der Waals surface area contributed by atoms with Gasteiger partial charge in [-0.05, 0) is 33.8 Å². The van der Waals surface area contributed by atoms with Crippen LogP contribution in [-0.4, -0.2) is 33.4 Å². The van der Waals surface area contributed by atoms with Gasteiger partial charge in [0.1, 0.15) is 12.0 Å². The van der Waals surface area contributed by atoms with Crippen molar-refractivity contribution >= 4 is 11.9 Å². The molecule has 0 saturated heterocycles. The van der Waals surface area contributed by atoms with Crippen molar-refractivity contribution in [3.8, 4) is 0 Å². The summed E-state index contributed by atoms with van der Waals surface area (Å²) in [6.45, 7) is 6.38. The number of hydrogen-bond donors (Lipinski definition) is 2. The van der Waals surface area contributed by atoms with E-state index in [2.05, 4.69) is 0 Å². The molecule has 0 heterocycles. The summed E-state index contributed by atoms with van der Waals surface area (Å²) in [5.41, 5.74) is -1.94. The fraction of sp³-hybridized carbons (Fsp3) is 0.636. The van der Waals surface area contributed by atoms with Gasteiger partial charge in [0.2, 0.25) is 0 Å². The molecule has 0 fully saturated rings. The highest BCUT2D eigenvalue weighted by Crippen LogP contribution is 2.15. The summed E-state index contributed by atoms with van der Waals surface area (Å²) in [5.74, 6) is -2.04. The molecule has 0 aliphatic carbocycles. The van der Waals surface area contributed by atoms with Gasteiger partial charge < -0.3 is 14.9 Å². The number of hydrogen-bond acceptors (Lipinski definition) is 4.